The van der Waals surface area contributed by atoms with Crippen LogP contribution < -0.4 is 10.1 Å². The van der Waals surface area contributed by atoms with Crippen molar-refractivity contribution in [1.29, 1.82) is 0 Å². The van der Waals surface area contributed by atoms with Gasteiger partial charge in [0.1, 0.15) is 17.0 Å². The Labute approximate surface area is 164 Å². The third-order valence-electron chi connectivity index (χ3n) is 3.90. The molecule has 12 heteroatoms. The van der Waals surface area contributed by atoms with Crippen LogP contribution in [0.3, 0.4) is 0 Å². The van der Waals surface area contributed by atoms with Gasteiger partial charge in [-0.15, -0.1) is 0 Å². The van der Waals surface area contributed by atoms with Gasteiger partial charge < -0.3 is 4.74 Å². The number of carbonyl (C=O) groups is 1. The number of hydrogen-bond donors (Lipinski definition) is 1. The molecular formula is C17H11F4N5O2S. The maximum absolute atomic E-state index is 13.2. The van der Waals surface area contributed by atoms with Crippen molar-refractivity contribution in [2.45, 2.75) is 20.0 Å². The molecule has 0 aliphatic rings. The van der Waals surface area contributed by atoms with Gasteiger partial charge in [0.2, 0.25) is 0 Å². The van der Waals surface area contributed by atoms with Crippen LogP contribution in [0.4, 0.5) is 22.7 Å². The molecule has 7 nitrogen and oxygen atoms in total. The molecule has 3 heterocycles. The highest BCUT2D eigenvalue weighted by Gasteiger charge is 2.21. The van der Waals surface area contributed by atoms with E-state index in [0.29, 0.717) is 15.9 Å². The first-order valence-electron chi connectivity index (χ1n) is 8.12. The number of alkyl halides is 4. The quantitative estimate of drug-likeness (QED) is 0.478. The minimum atomic E-state index is -2.95. The van der Waals surface area contributed by atoms with Crippen molar-refractivity contribution in [3.63, 3.8) is 0 Å². The molecule has 0 saturated carbocycles. The van der Waals surface area contributed by atoms with E-state index in [1.54, 1.807) is 0 Å². The molecule has 3 aromatic heterocycles. The number of ether oxygens (including phenoxy) is 1. The highest BCUT2D eigenvalue weighted by molar-refractivity contribution is 7.22. The van der Waals surface area contributed by atoms with Crippen LogP contribution in [-0.4, -0.2) is 32.1 Å². The molecule has 4 aromatic rings. The summed E-state index contributed by atoms with van der Waals surface area (Å²) in [5.74, 6) is -0.669. The van der Waals surface area contributed by atoms with Crippen molar-refractivity contribution in [3.05, 3.63) is 47.4 Å². The lowest BCUT2D eigenvalue weighted by Crippen LogP contribution is -2.12. The Morgan fingerprint density at radius 1 is 1.21 bits per heavy atom. The molecular weight excluding hydrogens is 414 g/mol. The number of amides is 1. The lowest BCUT2D eigenvalue weighted by molar-refractivity contribution is -0.0497. The zero-order valence-electron chi connectivity index (χ0n) is 14.6. The molecule has 0 unspecified atom stereocenters. The molecule has 0 aliphatic carbocycles. The van der Waals surface area contributed by atoms with Crippen LogP contribution >= 0.6 is 11.3 Å². The molecule has 0 spiro atoms. The molecule has 0 saturated heterocycles. The van der Waals surface area contributed by atoms with Crippen LogP contribution in [0, 0.1) is 6.92 Å². The molecule has 0 aliphatic heterocycles. The van der Waals surface area contributed by atoms with Gasteiger partial charge in [-0.3, -0.25) is 10.1 Å². The van der Waals surface area contributed by atoms with Crippen molar-refractivity contribution in [1.82, 2.24) is 19.6 Å². The Balaban J connectivity index is 1.64. The average molecular weight is 425 g/mol. The summed E-state index contributed by atoms with van der Waals surface area (Å²) in [6, 6.07) is 5.39. The molecule has 150 valence electrons. The van der Waals surface area contributed by atoms with Crippen molar-refractivity contribution >= 4 is 38.2 Å². The Morgan fingerprint density at radius 3 is 2.72 bits per heavy atom. The summed E-state index contributed by atoms with van der Waals surface area (Å²) >= 11 is 1.05. The maximum atomic E-state index is 13.2. The molecule has 0 bridgehead atoms. The summed E-state index contributed by atoms with van der Waals surface area (Å²) < 4.78 is 56.9. The van der Waals surface area contributed by atoms with Gasteiger partial charge in [0, 0.05) is 5.69 Å². The van der Waals surface area contributed by atoms with Crippen molar-refractivity contribution in [3.8, 4) is 5.75 Å². The van der Waals surface area contributed by atoms with Crippen LogP contribution in [0.5, 0.6) is 5.75 Å². The molecule has 1 amide bonds. The van der Waals surface area contributed by atoms with E-state index in [9.17, 15) is 22.4 Å². The highest BCUT2D eigenvalue weighted by Crippen LogP contribution is 2.30. The number of aromatic nitrogens is 4. The van der Waals surface area contributed by atoms with E-state index in [-0.39, 0.29) is 27.8 Å². The number of fused-ring (bicyclic) bond motifs is 2. The normalized spacial score (nSPS) is 11.7. The first-order chi connectivity index (χ1) is 13.8. The van der Waals surface area contributed by atoms with Gasteiger partial charge in [-0.25, -0.2) is 23.3 Å². The molecule has 1 aromatic carbocycles. The number of benzene rings is 1. The molecule has 1 N–H and O–H groups in total. The number of anilines is 1. The largest absolute Gasteiger partial charge is 0.435 e. The fraction of sp³-hybridized carbons (Fsp3) is 0.176. The summed E-state index contributed by atoms with van der Waals surface area (Å²) in [6.45, 7) is -1.42. The number of aryl methyl sites for hydroxylation is 1. The Hall–Kier alpha value is -3.28. The SMILES string of the molecule is Cc1cc(C(F)F)n2ncc(C(=O)Nc3nc4ccc(OC(F)F)cc4s3)c2n1. The highest BCUT2D eigenvalue weighted by atomic mass is 32.1. The number of thiazole rings is 1. The summed E-state index contributed by atoms with van der Waals surface area (Å²) in [4.78, 5) is 20.9. The van der Waals surface area contributed by atoms with E-state index in [1.807, 2.05) is 0 Å². The van der Waals surface area contributed by atoms with E-state index in [4.69, 9.17) is 0 Å². The number of halogens is 4. The van der Waals surface area contributed by atoms with Crippen LogP contribution in [0.25, 0.3) is 15.9 Å². The van der Waals surface area contributed by atoms with Gasteiger partial charge in [0.15, 0.2) is 10.8 Å². The smallest absolute Gasteiger partial charge is 0.387 e. The first-order valence-corrected chi connectivity index (χ1v) is 8.93. The number of rotatable bonds is 5. The van der Waals surface area contributed by atoms with E-state index in [1.165, 1.54) is 31.2 Å². The summed E-state index contributed by atoms with van der Waals surface area (Å²) in [5, 5.41) is 6.58. The van der Waals surface area contributed by atoms with Gasteiger partial charge in [-0.1, -0.05) is 11.3 Å². The van der Waals surface area contributed by atoms with Crippen molar-refractivity contribution in [2.75, 3.05) is 5.32 Å². The Kier molecular flexibility index (Phi) is 4.78. The lowest BCUT2D eigenvalue weighted by atomic mass is 10.3. The predicted octanol–water partition coefficient (Wildman–Crippen LogP) is 4.44. The van der Waals surface area contributed by atoms with Crippen LogP contribution in [0.1, 0.15) is 28.2 Å². The second kappa shape index (κ2) is 7.28. The third kappa shape index (κ3) is 3.70. The fourth-order valence-electron chi connectivity index (χ4n) is 2.73. The van der Waals surface area contributed by atoms with E-state index >= 15 is 0 Å². The number of hydrogen-bond acceptors (Lipinski definition) is 6. The fourth-order valence-corrected chi connectivity index (χ4v) is 3.62. The standard InChI is InChI=1S/C17H11F4N5O2S/c1-7-4-11(13(18)19)26-14(23-7)9(6-22-26)15(27)25-17-24-10-3-2-8(28-16(20)21)5-12(10)29-17/h2-6,13,16H,1H3,(H,24,25,27). The summed E-state index contributed by atoms with van der Waals surface area (Å²) in [5.41, 5.74) is 0.399. The molecule has 29 heavy (non-hydrogen) atoms. The minimum Gasteiger partial charge on any atom is -0.435 e. The van der Waals surface area contributed by atoms with Gasteiger partial charge >= 0.3 is 6.61 Å². The average Bonchev–Trinajstić information content (AvgIpc) is 3.23. The van der Waals surface area contributed by atoms with Crippen LogP contribution in [0.2, 0.25) is 0 Å². The Bertz CT molecular complexity index is 1220. The topological polar surface area (TPSA) is 81.4 Å². The van der Waals surface area contributed by atoms with Crippen molar-refractivity contribution in [2.24, 2.45) is 0 Å². The first kappa shape index (κ1) is 19.1. The summed E-state index contributed by atoms with van der Waals surface area (Å²) in [7, 11) is 0. The zero-order chi connectivity index (χ0) is 20.7. The van der Waals surface area contributed by atoms with Gasteiger partial charge in [0.25, 0.3) is 12.3 Å². The van der Waals surface area contributed by atoms with E-state index in [2.05, 4.69) is 25.1 Å². The second-order valence-electron chi connectivity index (χ2n) is 5.90. The van der Waals surface area contributed by atoms with E-state index in [0.717, 1.165) is 22.0 Å². The van der Waals surface area contributed by atoms with Crippen LogP contribution in [0.15, 0.2) is 30.5 Å². The van der Waals surface area contributed by atoms with E-state index < -0.39 is 18.9 Å². The number of carbonyl (C=O) groups excluding carboxylic acids is 1. The molecule has 0 radical (unpaired) electrons. The Morgan fingerprint density at radius 2 is 2.00 bits per heavy atom. The monoisotopic (exact) mass is 425 g/mol. The molecule has 4 rings (SSSR count). The van der Waals surface area contributed by atoms with Gasteiger partial charge in [-0.05, 0) is 31.2 Å². The van der Waals surface area contributed by atoms with Crippen molar-refractivity contribution < 1.29 is 27.1 Å². The van der Waals surface area contributed by atoms with Gasteiger partial charge in [-0.2, -0.15) is 13.9 Å². The zero-order valence-corrected chi connectivity index (χ0v) is 15.4. The lowest BCUT2D eigenvalue weighted by Gasteiger charge is -2.05. The predicted molar refractivity (Wildman–Crippen MR) is 96.9 cm³/mol. The van der Waals surface area contributed by atoms with Crippen LogP contribution in [-0.2, 0) is 0 Å². The summed E-state index contributed by atoms with van der Waals surface area (Å²) in [6.07, 6.45) is -1.64. The van der Waals surface area contributed by atoms with Gasteiger partial charge in [0.05, 0.1) is 16.4 Å². The second-order valence-corrected chi connectivity index (χ2v) is 6.93. The number of nitrogens with zero attached hydrogens (tertiary/aromatic N) is 4. The third-order valence-corrected chi connectivity index (χ3v) is 4.83. The maximum Gasteiger partial charge on any atom is 0.387 e. The number of nitrogens with one attached hydrogen (secondary N) is 1. The minimum absolute atomic E-state index is 0.00317. The molecule has 0 fully saturated rings. The molecule has 0 atom stereocenters.